The highest BCUT2D eigenvalue weighted by Crippen LogP contribution is 2.30. The fourth-order valence-electron chi connectivity index (χ4n) is 2.07. The number of primary amides is 1. The average molecular weight is 200 g/mol. The molecule has 1 unspecified atom stereocenters. The van der Waals surface area contributed by atoms with Crippen molar-refractivity contribution < 1.29 is 4.79 Å². The van der Waals surface area contributed by atoms with Gasteiger partial charge in [0.1, 0.15) is 0 Å². The first-order valence-corrected chi connectivity index (χ1v) is 5.12. The van der Waals surface area contributed by atoms with E-state index in [0.717, 1.165) is 25.7 Å². The van der Waals surface area contributed by atoms with Gasteiger partial charge in [0.25, 0.3) is 0 Å². The summed E-state index contributed by atoms with van der Waals surface area (Å²) in [4.78, 5) is 11.4. The summed E-state index contributed by atoms with van der Waals surface area (Å²) in [5.74, 6) is -0.446. The van der Waals surface area contributed by atoms with Gasteiger partial charge in [0.2, 0.25) is 5.91 Å². The van der Waals surface area contributed by atoms with E-state index in [1.165, 1.54) is 6.42 Å². The molecule has 4 N–H and O–H groups in total. The Kier molecular flexibility index (Phi) is 3.66. The van der Waals surface area contributed by atoms with E-state index in [0.29, 0.717) is 5.92 Å². The number of hydrogen-bond donors (Lipinski definition) is 2. The summed E-state index contributed by atoms with van der Waals surface area (Å²) in [6, 6.07) is 0. The van der Waals surface area contributed by atoms with Crippen LogP contribution in [0.3, 0.4) is 0 Å². The first kappa shape index (κ1) is 10.4. The zero-order valence-electron chi connectivity index (χ0n) is 7.66. The fraction of sp³-hybridized carbons (Fsp3) is 0.778. The van der Waals surface area contributed by atoms with E-state index in [4.69, 9.17) is 23.7 Å². The van der Waals surface area contributed by atoms with Gasteiger partial charge in [0.15, 0.2) is 0 Å². The zero-order valence-corrected chi connectivity index (χ0v) is 8.48. The van der Waals surface area contributed by atoms with Crippen LogP contribution in [0.4, 0.5) is 0 Å². The second-order valence-corrected chi connectivity index (χ2v) is 4.15. The van der Waals surface area contributed by atoms with Gasteiger partial charge in [-0.05, 0) is 18.8 Å². The fourth-order valence-corrected chi connectivity index (χ4v) is 2.38. The summed E-state index contributed by atoms with van der Waals surface area (Å²) >= 11 is 4.85. The molecule has 0 aliphatic heterocycles. The van der Waals surface area contributed by atoms with Crippen LogP contribution in [0.2, 0.25) is 0 Å². The molecule has 1 rings (SSSR count). The van der Waals surface area contributed by atoms with E-state index in [9.17, 15) is 4.79 Å². The summed E-state index contributed by atoms with van der Waals surface area (Å²) < 4.78 is 0. The smallest absolute Gasteiger partial charge is 0.227 e. The number of carbonyl (C=O) groups is 1. The average Bonchev–Trinajstić information content (AvgIpc) is 2.04. The van der Waals surface area contributed by atoms with Crippen LogP contribution in [-0.4, -0.2) is 10.9 Å². The minimum Gasteiger partial charge on any atom is -0.393 e. The van der Waals surface area contributed by atoms with Gasteiger partial charge in [-0.2, -0.15) is 0 Å². The van der Waals surface area contributed by atoms with Crippen LogP contribution in [0.25, 0.3) is 0 Å². The van der Waals surface area contributed by atoms with Crippen molar-refractivity contribution in [3.8, 4) is 0 Å². The van der Waals surface area contributed by atoms with Crippen LogP contribution in [0.5, 0.6) is 0 Å². The number of hydrogen-bond acceptors (Lipinski definition) is 2. The SMILES string of the molecule is NC(=O)C(C(N)=S)C1CCCCC1. The molecule has 0 saturated heterocycles. The third-order valence-electron chi connectivity index (χ3n) is 2.73. The van der Waals surface area contributed by atoms with Crippen LogP contribution < -0.4 is 11.5 Å². The molecular formula is C9H16N2OS. The molecular weight excluding hydrogens is 184 g/mol. The Balaban J connectivity index is 2.62. The largest absolute Gasteiger partial charge is 0.393 e. The van der Waals surface area contributed by atoms with E-state index in [-0.39, 0.29) is 16.8 Å². The van der Waals surface area contributed by atoms with Gasteiger partial charge in [-0.3, -0.25) is 4.79 Å². The number of amides is 1. The van der Waals surface area contributed by atoms with Crippen LogP contribution in [0.15, 0.2) is 0 Å². The molecule has 74 valence electrons. The molecule has 0 aromatic rings. The third kappa shape index (κ3) is 2.66. The van der Waals surface area contributed by atoms with Gasteiger partial charge in [-0.1, -0.05) is 31.5 Å². The molecule has 1 fully saturated rings. The highest BCUT2D eigenvalue weighted by Gasteiger charge is 2.29. The van der Waals surface area contributed by atoms with Gasteiger partial charge in [-0.15, -0.1) is 0 Å². The lowest BCUT2D eigenvalue weighted by Crippen LogP contribution is -2.39. The van der Waals surface area contributed by atoms with Crippen molar-refractivity contribution in [3.05, 3.63) is 0 Å². The van der Waals surface area contributed by atoms with Crippen molar-refractivity contribution in [2.75, 3.05) is 0 Å². The number of thiocarbonyl (C=S) groups is 1. The van der Waals surface area contributed by atoms with Crippen molar-refractivity contribution in [2.45, 2.75) is 32.1 Å². The van der Waals surface area contributed by atoms with E-state index >= 15 is 0 Å². The normalized spacial score (nSPS) is 20.9. The van der Waals surface area contributed by atoms with Gasteiger partial charge in [0.05, 0.1) is 10.9 Å². The van der Waals surface area contributed by atoms with E-state index in [1.807, 2.05) is 0 Å². The first-order valence-electron chi connectivity index (χ1n) is 4.71. The Morgan fingerprint density at radius 1 is 1.23 bits per heavy atom. The molecule has 0 radical (unpaired) electrons. The highest BCUT2D eigenvalue weighted by molar-refractivity contribution is 7.80. The molecule has 1 saturated carbocycles. The molecule has 4 heteroatoms. The third-order valence-corrected chi connectivity index (χ3v) is 2.99. The summed E-state index contributed by atoms with van der Waals surface area (Å²) in [7, 11) is 0. The molecule has 3 nitrogen and oxygen atoms in total. The van der Waals surface area contributed by atoms with Crippen molar-refractivity contribution in [1.29, 1.82) is 0 Å². The van der Waals surface area contributed by atoms with Crippen LogP contribution in [0, 0.1) is 11.8 Å². The van der Waals surface area contributed by atoms with Crippen molar-refractivity contribution >= 4 is 23.1 Å². The summed E-state index contributed by atoms with van der Waals surface area (Å²) in [6.45, 7) is 0. The second kappa shape index (κ2) is 4.56. The van der Waals surface area contributed by atoms with Gasteiger partial charge < -0.3 is 11.5 Å². The van der Waals surface area contributed by atoms with E-state index in [1.54, 1.807) is 0 Å². The Morgan fingerprint density at radius 3 is 2.15 bits per heavy atom. The molecule has 0 spiro atoms. The minimum atomic E-state index is -0.379. The quantitative estimate of drug-likeness (QED) is 0.666. The molecule has 0 aromatic heterocycles. The Labute approximate surface area is 83.9 Å². The lowest BCUT2D eigenvalue weighted by molar-refractivity contribution is -0.121. The highest BCUT2D eigenvalue weighted by atomic mass is 32.1. The first-order chi connectivity index (χ1) is 6.13. The summed E-state index contributed by atoms with van der Waals surface area (Å²) in [5.41, 5.74) is 10.8. The second-order valence-electron chi connectivity index (χ2n) is 3.68. The van der Waals surface area contributed by atoms with E-state index < -0.39 is 0 Å². The number of rotatable bonds is 3. The zero-order chi connectivity index (χ0) is 9.84. The Hall–Kier alpha value is -0.640. The van der Waals surface area contributed by atoms with Crippen LogP contribution in [-0.2, 0) is 4.79 Å². The van der Waals surface area contributed by atoms with Gasteiger partial charge in [0, 0.05) is 0 Å². The van der Waals surface area contributed by atoms with E-state index in [2.05, 4.69) is 0 Å². The standard InChI is InChI=1S/C9H16N2OS/c10-8(12)7(9(11)13)6-4-2-1-3-5-6/h6-7H,1-5H2,(H2,10,12)(H2,11,13). The monoisotopic (exact) mass is 200 g/mol. The number of nitrogens with two attached hydrogens (primary N) is 2. The molecule has 0 bridgehead atoms. The molecule has 0 aromatic carbocycles. The van der Waals surface area contributed by atoms with Crippen LogP contribution >= 0.6 is 12.2 Å². The Bertz CT molecular complexity index is 198. The molecule has 1 aliphatic rings. The molecule has 1 amide bonds. The lowest BCUT2D eigenvalue weighted by atomic mass is 9.79. The topological polar surface area (TPSA) is 69.1 Å². The van der Waals surface area contributed by atoms with Crippen molar-refractivity contribution in [1.82, 2.24) is 0 Å². The van der Waals surface area contributed by atoms with Crippen LogP contribution in [0.1, 0.15) is 32.1 Å². The summed E-state index contributed by atoms with van der Waals surface area (Å²) in [5, 5.41) is 0. The maximum Gasteiger partial charge on any atom is 0.227 e. The Morgan fingerprint density at radius 2 is 1.77 bits per heavy atom. The predicted octanol–water partition coefficient (Wildman–Crippen LogP) is 0.954. The maximum absolute atomic E-state index is 11.1. The van der Waals surface area contributed by atoms with Gasteiger partial charge in [-0.25, -0.2) is 0 Å². The minimum absolute atomic E-state index is 0.263. The molecule has 1 atom stereocenters. The molecule has 0 heterocycles. The molecule has 1 aliphatic carbocycles. The lowest BCUT2D eigenvalue weighted by Gasteiger charge is -2.27. The number of carbonyl (C=O) groups excluding carboxylic acids is 1. The maximum atomic E-state index is 11.1. The van der Waals surface area contributed by atoms with Gasteiger partial charge >= 0.3 is 0 Å². The van der Waals surface area contributed by atoms with Crippen molar-refractivity contribution in [3.63, 3.8) is 0 Å². The summed E-state index contributed by atoms with van der Waals surface area (Å²) in [6.07, 6.45) is 5.64. The predicted molar refractivity (Wildman–Crippen MR) is 56.0 cm³/mol. The van der Waals surface area contributed by atoms with Crippen molar-refractivity contribution in [2.24, 2.45) is 23.3 Å². The molecule has 13 heavy (non-hydrogen) atoms.